The Morgan fingerprint density at radius 1 is 1.46 bits per heavy atom. The number of aromatic nitrogens is 2. The van der Waals surface area contributed by atoms with Gasteiger partial charge < -0.3 is 11.1 Å². The van der Waals surface area contributed by atoms with Crippen LogP contribution in [-0.2, 0) is 0 Å². The summed E-state index contributed by atoms with van der Waals surface area (Å²) in [4.78, 5) is 12.4. The van der Waals surface area contributed by atoms with Crippen molar-refractivity contribution in [1.29, 1.82) is 0 Å². The zero-order valence-corrected chi connectivity index (χ0v) is 15.2. The standard InChI is InChI=1S/C17H21ClN4O.ClH/c1-11-3-6-13(9-15(11)18)22-16(12-4-5-12)14(10-21-22)17(23)20-8-2-7-19;/h3,6,9-10,12H,2,4-5,7-8,19H2,1H3,(H,20,23);1H. The molecule has 0 unspecified atom stereocenters. The van der Waals surface area contributed by atoms with Crippen LogP contribution in [0.5, 0.6) is 0 Å². The minimum absolute atomic E-state index is 0. The van der Waals surface area contributed by atoms with Gasteiger partial charge in [0.2, 0.25) is 0 Å². The predicted octanol–water partition coefficient (Wildman–Crippen LogP) is 3.21. The van der Waals surface area contributed by atoms with Crippen molar-refractivity contribution in [3.05, 3.63) is 46.2 Å². The van der Waals surface area contributed by atoms with Crippen LogP contribution in [0.4, 0.5) is 0 Å². The van der Waals surface area contributed by atoms with Gasteiger partial charge in [-0.05, 0) is 50.4 Å². The van der Waals surface area contributed by atoms with E-state index in [0.717, 1.165) is 36.2 Å². The number of hydrogen-bond acceptors (Lipinski definition) is 3. The maximum atomic E-state index is 12.4. The lowest BCUT2D eigenvalue weighted by atomic mass is 10.1. The Kier molecular flexibility index (Phi) is 6.27. The minimum Gasteiger partial charge on any atom is -0.352 e. The van der Waals surface area contributed by atoms with Crippen LogP contribution in [0.25, 0.3) is 5.69 Å². The fourth-order valence-corrected chi connectivity index (χ4v) is 2.78. The molecule has 5 nitrogen and oxygen atoms in total. The third-order valence-electron chi connectivity index (χ3n) is 4.08. The number of amides is 1. The van der Waals surface area contributed by atoms with Crippen LogP contribution >= 0.6 is 24.0 Å². The number of nitrogens with zero attached hydrogens (tertiary/aromatic N) is 2. The normalized spacial score (nSPS) is 13.5. The molecule has 0 atom stereocenters. The zero-order chi connectivity index (χ0) is 16.4. The third kappa shape index (κ3) is 3.91. The molecule has 1 heterocycles. The molecule has 0 aliphatic heterocycles. The number of nitrogens with one attached hydrogen (secondary N) is 1. The van der Waals surface area contributed by atoms with E-state index in [1.807, 2.05) is 29.8 Å². The van der Waals surface area contributed by atoms with Crippen molar-refractivity contribution >= 4 is 29.9 Å². The van der Waals surface area contributed by atoms with E-state index in [0.29, 0.717) is 29.6 Å². The van der Waals surface area contributed by atoms with Gasteiger partial charge >= 0.3 is 0 Å². The van der Waals surface area contributed by atoms with Crippen LogP contribution in [0.1, 0.15) is 46.8 Å². The molecule has 1 fully saturated rings. The number of rotatable bonds is 6. The van der Waals surface area contributed by atoms with Crippen molar-refractivity contribution in [2.45, 2.75) is 32.1 Å². The van der Waals surface area contributed by atoms with Gasteiger partial charge in [-0.1, -0.05) is 17.7 Å². The summed E-state index contributed by atoms with van der Waals surface area (Å²) in [6.45, 7) is 3.12. The Morgan fingerprint density at radius 3 is 2.83 bits per heavy atom. The molecule has 3 rings (SSSR count). The molecule has 3 N–H and O–H groups in total. The van der Waals surface area contributed by atoms with Crippen molar-refractivity contribution in [1.82, 2.24) is 15.1 Å². The number of nitrogens with two attached hydrogens (primary N) is 1. The van der Waals surface area contributed by atoms with Gasteiger partial charge in [0.05, 0.1) is 23.1 Å². The number of aryl methyl sites for hydroxylation is 1. The van der Waals surface area contributed by atoms with Crippen molar-refractivity contribution in [2.75, 3.05) is 13.1 Å². The maximum Gasteiger partial charge on any atom is 0.254 e. The summed E-state index contributed by atoms with van der Waals surface area (Å²) in [6.07, 6.45) is 4.61. The van der Waals surface area contributed by atoms with Crippen LogP contribution in [0, 0.1) is 6.92 Å². The second-order valence-corrected chi connectivity index (χ2v) is 6.37. The van der Waals surface area contributed by atoms with E-state index in [4.69, 9.17) is 17.3 Å². The average molecular weight is 369 g/mol. The lowest BCUT2D eigenvalue weighted by molar-refractivity contribution is 0.0952. The monoisotopic (exact) mass is 368 g/mol. The summed E-state index contributed by atoms with van der Waals surface area (Å²) >= 11 is 6.23. The molecule has 24 heavy (non-hydrogen) atoms. The Morgan fingerprint density at radius 2 is 2.21 bits per heavy atom. The Labute approximate surface area is 153 Å². The molecule has 130 valence electrons. The number of hydrogen-bond donors (Lipinski definition) is 2. The molecule has 0 radical (unpaired) electrons. The summed E-state index contributed by atoms with van der Waals surface area (Å²) in [5.74, 6) is 0.317. The highest BCUT2D eigenvalue weighted by Crippen LogP contribution is 2.42. The molecule has 1 aliphatic rings. The Hall–Kier alpha value is -1.56. The first-order chi connectivity index (χ1) is 11.1. The molecular formula is C17H22Cl2N4O. The summed E-state index contributed by atoms with van der Waals surface area (Å²) in [5, 5.41) is 8.05. The van der Waals surface area contributed by atoms with Crippen molar-refractivity contribution < 1.29 is 4.79 Å². The van der Waals surface area contributed by atoms with Gasteiger partial charge in [0, 0.05) is 17.5 Å². The quantitative estimate of drug-likeness (QED) is 0.768. The lowest BCUT2D eigenvalue weighted by Gasteiger charge is -2.10. The highest BCUT2D eigenvalue weighted by atomic mass is 35.5. The highest BCUT2D eigenvalue weighted by Gasteiger charge is 2.32. The highest BCUT2D eigenvalue weighted by molar-refractivity contribution is 6.31. The fraction of sp³-hybridized carbons (Fsp3) is 0.412. The van der Waals surface area contributed by atoms with Crippen LogP contribution in [0.3, 0.4) is 0 Å². The second-order valence-electron chi connectivity index (χ2n) is 5.96. The number of halogens is 2. The Bertz CT molecular complexity index is 725. The maximum absolute atomic E-state index is 12.4. The predicted molar refractivity (Wildman–Crippen MR) is 98.5 cm³/mol. The molecule has 0 bridgehead atoms. The first-order valence-corrected chi connectivity index (χ1v) is 8.32. The van der Waals surface area contributed by atoms with E-state index in [-0.39, 0.29) is 18.3 Å². The first kappa shape index (κ1) is 18.8. The van der Waals surface area contributed by atoms with Crippen LogP contribution in [0.2, 0.25) is 5.02 Å². The summed E-state index contributed by atoms with van der Waals surface area (Å²) in [5.41, 5.74) is 9.02. The summed E-state index contributed by atoms with van der Waals surface area (Å²) in [6, 6.07) is 5.85. The molecule has 1 aliphatic carbocycles. The van der Waals surface area contributed by atoms with Crippen LogP contribution in [0.15, 0.2) is 24.4 Å². The van der Waals surface area contributed by atoms with Crippen LogP contribution in [-0.4, -0.2) is 28.8 Å². The number of benzene rings is 1. The first-order valence-electron chi connectivity index (χ1n) is 7.94. The van der Waals surface area contributed by atoms with Crippen molar-refractivity contribution in [3.63, 3.8) is 0 Å². The summed E-state index contributed by atoms with van der Waals surface area (Å²) in [7, 11) is 0. The smallest absolute Gasteiger partial charge is 0.254 e. The van der Waals surface area contributed by atoms with Gasteiger partial charge in [-0.25, -0.2) is 4.68 Å². The lowest BCUT2D eigenvalue weighted by Crippen LogP contribution is -2.26. The second kappa shape index (κ2) is 8.01. The molecule has 1 aromatic heterocycles. The van der Waals surface area contributed by atoms with E-state index in [2.05, 4.69) is 10.4 Å². The van der Waals surface area contributed by atoms with Gasteiger partial charge in [0.1, 0.15) is 0 Å². The SMILES string of the molecule is Cc1ccc(-n2ncc(C(=O)NCCCN)c2C2CC2)cc1Cl.Cl. The average Bonchev–Trinajstić information content (AvgIpc) is 3.28. The van der Waals surface area contributed by atoms with Crippen molar-refractivity contribution in [3.8, 4) is 5.69 Å². The van der Waals surface area contributed by atoms with E-state index in [9.17, 15) is 4.79 Å². The minimum atomic E-state index is -0.0789. The molecule has 1 saturated carbocycles. The molecule has 2 aromatic rings. The molecule has 0 saturated heterocycles. The van der Waals surface area contributed by atoms with Crippen molar-refractivity contribution in [2.24, 2.45) is 5.73 Å². The van der Waals surface area contributed by atoms with Gasteiger partial charge in [-0.3, -0.25) is 4.79 Å². The number of carbonyl (C=O) groups excluding carboxylic acids is 1. The zero-order valence-electron chi connectivity index (χ0n) is 13.6. The van der Waals surface area contributed by atoms with Gasteiger partial charge in [-0.2, -0.15) is 5.10 Å². The topological polar surface area (TPSA) is 72.9 Å². The molecule has 1 amide bonds. The van der Waals surface area contributed by atoms with Crippen LogP contribution < -0.4 is 11.1 Å². The summed E-state index contributed by atoms with van der Waals surface area (Å²) < 4.78 is 1.85. The molecule has 7 heteroatoms. The van der Waals surface area contributed by atoms with E-state index in [1.54, 1.807) is 6.20 Å². The molecular weight excluding hydrogens is 347 g/mol. The Balaban J connectivity index is 0.00000208. The van der Waals surface area contributed by atoms with E-state index in [1.165, 1.54) is 0 Å². The number of carbonyl (C=O) groups is 1. The van der Waals surface area contributed by atoms with Gasteiger partial charge in [0.25, 0.3) is 5.91 Å². The molecule has 1 aromatic carbocycles. The van der Waals surface area contributed by atoms with Gasteiger partial charge in [0.15, 0.2) is 0 Å². The van der Waals surface area contributed by atoms with E-state index < -0.39 is 0 Å². The largest absolute Gasteiger partial charge is 0.352 e. The fourth-order valence-electron chi connectivity index (χ4n) is 2.60. The molecule has 0 spiro atoms. The third-order valence-corrected chi connectivity index (χ3v) is 4.49. The van der Waals surface area contributed by atoms with Gasteiger partial charge in [-0.15, -0.1) is 12.4 Å². The van der Waals surface area contributed by atoms with E-state index >= 15 is 0 Å².